The molecule has 7 nitrogen and oxygen atoms in total. The van der Waals surface area contributed by atoms with E-state index in [1.807, 2.05) is 19.0 Å². The minimum absolute atomic E-state index is 0.0494. The zero-order valence-electron chi connectivity index (χ0n) is 15.0. The molecule has 0 bridgehead atoms. The Hall–Kier alpha value is -2.12. The molecule has 25 heavy (non-hydrogen) atoms. The molecule has 0 aliphatic carbocycles. The van der Waals surface area contributed by atoms with E-state index in [-0.39, 0.29) is 19.2 Å². The van der Waals surface area contributed by atoms with Gasteiger partial charge in [-0.05, 0) is 43.6 Å². The van der Waals surface area contributed by atoms with Crippen molar-refractivity contribution >= 4 is 17.5 Å². The van der Waals surface area contributed by atoms with E-state index < -0.39 is 11.8 Å². The standard InChI is InChI=1S/C18H28N4O3/c1-21(2)15-7-5-14(6-8-15)16(22-10-3-4-11-22)13-20-18(25)17(24)19-9-12-23/h5-8,16,23H,3-4,9-13H2,1-2H3,(H,19,24)(H,20,25)/t16-/m1/s1. The van der Waals surface area contributed by atoms with E-state index in [2.05, 4.69) is 39.8 Å². The maximum Gasteiger partial charge on any atom is 0.309 e. The number of nitrogens with zero attached hydrogens (tertiary/aromatic N) is 2. The van der Waals surface area contributed by atoms with Crippen LogP contribution in [-0.4, -0.2) is 68.7 Å². The lowest BCUT2D eigenvalue weighted by Crippen LogP contribution is -2.44. The molecule has 0 spiro atoms. The van der Waals surface area contributed by atoms with E-state index in [0.717, 1.165) is 37.2 Å². The molecule has 1 aromatic rings. The number of hydrogen-bond acceptors (Lipinski definition) is 5. The molecule has 7 heteroatoms. The predicted molar refractivity (Wildman–Crippen MR) is 97.4 cm³/mol. The maximum absolute atomic E-state index is 11.9. The number of rotatable bonds is 7. The van der Waals surface area contributed by atoms with E-state index in [1.54, 1.807) is 0 Å². The monoisotopic (exact) mass is 348 g/mol. The Bertz CT molecular complexity index is 568. The fraction of sp³-hybridized carbons (Fsp3) is 0.556. The van der Waals surface area contributed by atoms with E-state index in [1.165, 1.54) is 0 Å². The van der Waals surface area contributed by atoms with Gasteiger partial charge in [-0.2, -0.15) is 0 Å². The number of aliphatic hydroxyl groups excluding tert-OH is 1. The first-order chi connectivity index (χ1) is 12.0. The number of hydrogen-bond donors (Lipinski definition) is 3. The van der Waals surface area contributed by atoms with E-state index in [0.29, 0.717) is 6.54 Å². The summed E-state index contributed by atoms with van der Waals surface area (Å²) >= 11 is 0. The van der Waals surface area contributed by atoms with Gasteiger partial charge >= 0.3 is 11.8 Å². The first-order valence-electron chi connectivity index (χ1n) is 8.71. The average molecular weight is 348 g/mol. The predicted octanol–water partition coefficient (Wildman–Crippen LogP) is 0.114. The molecule has 1 fully saturated rings. The van der Waals surface area contributed by atoms with E-state index in [9.17, 15) is 9.59 Å². The average Bonchev–Trinajstić information content (AvgIpc) is 3.14. The third-order valence-corrected chi connectivity index (χ3v) is 4.44. The summed E-state index contributed by atoms with van der Waals surface area (Å²) < 4.78 is 0. The summed E-state index contributed by atoms with van der Waals surface area (Å²) in [5.41, 5.74) is 2.25. The number of anilines is 1. The minimum Gasteiger partial charge on any atom is -0.395 e. The third-order valence-electron chi connectivity index (χ3n) is 4.44. The SMILES string of the molecule is CN(C)c1ccc([C@@H](CNC(=O)C(=O)NCCO)N2CCCC2)cc1. The molecule has 1 aliphatic rings. The van der Waals surface area contributed by atoms with Gasteiger partial charge in [0.25, 0.3) is 0 Å². The Kier molecular flexibility index (Phi) is 7.21. The van der Waals surface area contributed by atoms with Crippen LogP contribution in [0.2, 0.25) is 0 Å². The van der Waals surface area contributed by atoms with Gasteiger partial charge in [-0.1, -0.05) is 12.1 Å². The van der Waals surface area contributed by atoms with E-state index in [4.69, 9.17) is 5.11 Å². The minimum atomic E-state index is -0.711. The Morgan fingerprint density at radius 3 is 2.28 bits per heavy atom. The van der Waals surface area contributed by atoms with Crippen molar-refractivity contribution in [2.45, 2.75) is 18.9 Å². The van der Waals surface area contributed by atoms with Crippen molar-refractivity contribution in [2.75, 3.05) is 51.8 Å². The molecule has 2 rings (SSSR count). The number of amides is 2. The molecule has 0 saturated carbocycles. The van der Waals surface area contributed by atoms with Crippen molar-refractivity contribution in [3.63, 3.8) is 0 Å². The molecule has 0 aromatic heterocycles. The van der Waals surface area contributed by atoms with Crippen molar-refractivity contribution in [1.29, 1.82) is 0 Å². The lowest BCUT2D eigenvalue weighted by atomic mass is 10.0. The van der Waals surface area contributed by atoms with Crippen molar-refractivity contribution in [1.82, 2.24) is 15.5 Å². The quantitative estimate of drug-likeness (QED) is 0.609. The summed E-state index contributed by atoms with van der Waals surface area (Å²) in [7, 11) is 4.00. The lowest BCUT2D eigenvalue weighted by molar-refractivity contribution is -0.139. The number of likely N-dealkylation sites (tertiary alicyclic amines) is 1. The Labute approximate surface area is 149 Å². The van der Waals surface area contributed by atoms with Gasteiger partial charge in [0.15, 0.2) is 0 Å². The second-order valence-corrected chi connectivity index (χ2v) is 6.43. The van der Waals surface area contributed by atoms with Crippen LogP contribution in [0.3, 0.4) is 0 Å². The van der Waals surface area contributed by atoms with Crippen molar-refractivity contribution in [3.8, 4) is 0 Å². The summed E-state index contributed by atoms with van der Waals surface area (Å²) in [5, 5.41) is 13.8. The molecule has 2 amide bonds. The zero-order chi connectivity index (χ0) is 18.2. The smallest absolute Gasteiger partial charge is 0.309 e. The molecule has 0 radical (unpaired) electrons. The van der Waals surface area contributed by atoms with Crippen LogP contribution in [0.15, 0.2) is 24.3 Å². The molecular formula is C18H28N4O3. The van der Waals surface area contributed by atoms with Gasteiger partial charge in [0.2, 0.25) is 0 Å². The third kappa shape index (κ3) is 5.44. The molecule has 1 aliphatic heterocycles. The normalized spacial score (nSPS) is 15.6. The number of aliphatic hydroxyl groups is 1. The van der Waals surface area contributed by atoms with Crippen LogP contribution < -0.4 is 15.5 Å². The second-order valence-electron chi connectivity index (χ2n) is 6.43. The van der Waals surface area contributed by atoms with Gasteiger partial charge < -0.3 is 20.6 Å². The summed E-state index contributed by atoms with van der Waals surface area (Å²) in [6.07, 6.45) is 2.30. The summed E-state index contributed by atoms with van der Waals surface area (Å²) in [6, 6.07) is 8.34. The zero-order valence-corrected chi connectivity index (χ0v) is 15.0. The van der Waals surface area contributed by atoms with Crippen LogP contribution >= 0.6 is 0 Å². The van der Waals surface area contributed by atoms with Gasteiger partial charge in [-0.25, -0.2) is 0 Å². The van der Waals surface area contributed by atoms with Gasteiger partial charge in [-0.15, -0.1) is 0 Å². The highest BCUT2D eigenvalue weighted by molar-refractivity contribution is 6.35. The van der Waals surface area contributed by atoms with E-state index >= 15 is 0 Å². The largest absolute Gasteiger partial charge is 0.395 e. The Morgan fingerprint density at radius 2 is 1.72 bits per heavy atom. The summed E-state index contributed by atoms with van der Waals surface area (Å²) in [4.78, 5) is 27.9. The topological polar surface area (TPSA) is 84.9 Å². The van der Waals surface area contributed by atoms with Gasteiger partial charge in [0, 0.05) is 32.9 Å². The van der Waals surface area contributed by atoms with Gasteiger partial charge in [-0.3, -0.25) is 14.5 Å². The lowest BCUT2D eigenvalue weighted by Gasteiger charge is -2.28. The van der Waals surface area contributed by atoms with Crippen molar-refractivity contribution < 1.29 is 14.7 Å². The molecular weight excluding hydrogens is 320 g/mol. The number of nitrogens with one attached hydrogen (secondary N) is 2. The van der Waals surface area contributed by atoms with Crippen LogP contribution in [0.1, 0.15) is 24.4 Å². The molecule has 1 heterocycles. The molecule has 3 N–H and O–H groups in total. The second kappa shape index (κ2) is 9.39. The number of benzene rings is 1. The Morgan fingerprint density at radius 1 is 1.12 bits per heavy atom. The fourth-order valence-corrected chi connectivity index (χ4v) is 3.03. The highest BCUT2D eigenvalue weighted by Crippen LogP contribution is 2.26. The highest BCUT2D eigenvalue weighted by atomic mass is 16.3. The molecule has 1 aromatic carbocycles. The first-order valence-corrected chi connectivity index (χ1v) is 8.71. The maximum atomic E-state index is 11.9. The highest BCUT2D eigenvalue weighted by Gasteiger charge is 2.25. The molecule has 1 saturated heterocycles. The molecule has 138 valence electrons. The van der Waals surface area contributed by atoms with Crippen molar-refractivity contribution in [2.24, 2.45) is 0 Å². The first kappa shape index (κ1) is 19.2. The van der Waals surface area contributed by atoms with Crippen LogP contribution in [0.4, 0.5) is 5.69 Å². The summed E-state index contributed by atoms with van der Waals surface area (Å²) in [5.74, 6) is -1.38. The Balaban J connectivity index is 2.03. The summed E-state index contributed by atoms with van der Waals surface area (Å²) in [6.45, 7) is 2.26. The van der Waals surface area contributed by atoms with Crippen LogP contribution in [0.5, 0.6) is 0 Å². The van der Waals surface area contributed by atoms with Crippen LogP contribution in [0, 0.1) is 0 Å². The fourth-order valence-electron chi connectivity index (χ4n) is 3.03. The van der Waals surface area contributed by atoms with Crippen LogP contribution in [-0.2, 0) is 9.59 Å². The van der Waals surface area contributed by atoms with Gasteiger partial charge in [0.1, 0.15) is 0 Å². The number of carbonyl (C=O) groups excluding carboxylic acids is 2. The van der Waals surface area contributed by atoms with Gasteiger partial charge in [0.05, 0.1) is 12.6 Å². The van der Waals surface area contributed by atoms with Crippen molar-refractivity contribution in [3.05, 3.63) is 29.8 Å². The molecule has 1 atom stereocenters. The van der Waals surface area contributed by atoms with Crippen LogP contribution in [0.25, 0.3) is 0 Å². The molecule has 0 unspecified atom stereocenters. The number of carbonyl (C=O) groups is 2.